The molecule has 0 saturated heterocycles. The second-order valence-corrected chi connectivity index (χ2v) is 7.30. The van der Waals surface area contributed by atoms with E-state index in [1.54, 1.807) is 26.0 Å². The van der Waals surface area contributed by atoms with Gasteiger partial charge in [-0.05, 0) is 25.8 Å². The molecule has 0 fully saturated rings. The Morgan fingerprint density at radius 3 is 2.58 bits per heavy atom. The molecule has 0 heterocycles. The van der Waals surface area contributed by atoms with Crippen LogP contribution in [0.1, 0.15) is 31.9 Å². The van der Waals surface area contributed by atoms with Gasteiger partial charge in [0.2, 0.25) is 0 Å². The predicted octanol–water partition coefficient (Wildman–Crippen LogP) is 4.22. The van der Waals surface area contributed by atoms with Gasteiger partial charge in [-0.2, -0.15) is 0 Å². The number of hydrogen-bond acceptors (Lipinski definition) is 2. The molecule has 0 saturated carbocycles. The topological polar surface area (TPSA) is 46.5 Å². The minimum absolute atomic E-state index is 0.409. The maximum absolute atomic E-state index is 12.5. The van der Waals surface area contributed by atoms with E-state index in [1.807, 2.05) is 42.5 Å². The molecule has 1 aromatic carbocycles. The van der Waals surface area contributed by atoms with E-state index in [9.17, 15) is 9.46 Å². The van der Waals surface area contributed by atoms with Crippen LogP contribution in [-0.4, -0.2) is 10.0 Å². The van der Waals surface area contributed by atoms with Crippen LogP contribution in [-0.2, 0) is 9.09 Å². The molecule has 19 heavy (non-hydrogen) atoms. The Kier molecular flexibility index (Phi) is 4.10. The Bertz CT molecular complexity index is 536. The van der Waals surface area contributed by atoms with Crippen LogP contribution in [0.4, 0.5) is 0 Å². The normalized spacial score (nSPS) is 26.9. The van der Waals surface area contributed by atoms with E-state index in [0.717, 1.165) is 5.56 Å². The summed E-state index contributed by atoms with van der Waals surface area (Å²) in [6.45, 7) is 3.55. The second kappa shape index (κ2) is 5.46. The monoisotopic (exact) mass is 278 g/mol. The number of hydrogen-bond donors (Lipinski definition) is 1. The summed E-state index contributed by atoms with van der Waals surface area (Å²) in [6.07, 6.45) is 7.42. The van der Waals surface area contributed by atoms with Gasteiger partial charge in [0.1, 0.15) is 0 Å². The predicted molar refractivity (Wildman–Crippen MR) is 77.1 cm³/mol. The van der Waals surface area contributed by atoms with Crippen molar-refractivity contribution in [1.82, 2.24) is 0 Å². The molecule has 1 N–H and O–H groups in total. The third-order valence-electron chi connectivity index (χ3n) is 3.45. The van der Waals surface area contributed by atoms with E-state index in [1.165, 1.54) is 0 Å². The summed E-state index contributed by atoms with van der Waals surface area (Å²) in [5.74, 6) is 0. The quantitative estimate of drug-likeness (QED) is 0.838. The molecule has 3 nitrogen and oxygen atoms in total. The first-order valence-electron chi connectivity index (χ1n) is 6.35. The zero-order chi connectivity index (χ0) is 13.9. The fourth-order valence-electron chi connectivity index (χ4n) is 2.05. The third-order valence-corrected chi connectivity index (χ3v) is 5.67. The SMILES string of the molecule is CC(OP(=O)(O)C1(C)C=CC=CC1)c1ccccc1. The maximum atomic E-state index is 12.5. The first-order chi connectivity index (χ1) is 8.95. The molecule has 4 heteroatoms. The lowest BCUT2D eigenvalue weighted by molar-refractivity contribution is 0.180. The summed E-state index contributed by atoms with van der Waals surface area (Å²) in [4.78, 5) is 10.3. The Labute approximate surface area is 114 Å². The van der Waals surface area contributed by atoms with Crippen LogP contribution >= 0.6 is 7.60 Å². The molecule has 2 rings (SSSR count). The lowest BCUT2D eigenvalue weighted by Crippen LogP contribution is -2.24. The van der Waals surface area contributed by atoms with Crippen molar-refractivity contribution < 1.29 is 14.0 Å². The molecule has 0 amide bonds. The summed E-state index contributed by atoms with van der Waals surface area (Å²) in [5, 5.41) is -0.842. The largest absolute Gasteiger partial charge is 0.338 e. The zero-order valence-electron chi connectivity index (χ0n) is 11.2. The highest BCUT2D eigenvalue weighted by Crippen LogP contribution is 2.60. The van der Waals surface area contributed by atoms with Crippen LogP contribution < -0.4 is 0 Å². The number of allylic oxidation sites excluding steroid dienone is 4. The minimum Gasteiger partial charge on any atom is -0.324 e. The summed E-state index contributed by atoms with van der Waals surface area (Å²) < 4.78 is 18.0. The van der Waals surface area contributed by atoms with Crippen molar-refractivity contribution in [3.63, 3.8) is 0 Å². The summed E-state index contributed by atoms with van der Waals surface area (Å²) in [7, 11) is -3.74. The van der Waals surface area contributed by atoms with Crippen molar-refractivity contribution >= 4 is 7.60 Å². The minimum atomic E-state index is -3.74. The van der Waals surface area contributed by atoms with Crippen molar-refractivity contribution in [3.8, 4) is 0 Å². The van der Waals surface area contributed by atoms with Crippen molar-refractivity contribution in [2.75, 3.05) is 0 Å². The van der Waals surface area contributed by atoms with E-state index in [-0.39, 0.29) is 0 Å². The van der Waals surface area contributed by atoms with Crippen molar-refractivity contribution in [2.24, 2.45) is 0 Å². The van der Waals surface area contributed by atoms with E-state index in [2.05, 4.69) is 0 Å². The molecule has 3 atom stereocenters. The van der Waals surface area contributed by atoms with Gasteiger partial charge in [-0.25, -0.2) is 0 Å². The van der Waals surface area contributed by atoms with Crippen LogP contribution in [0.3, 0.4) is 0 Å². The molecular weight excluding hydrogens is 259 g/mol. The lowest BCUT2D eigenvalue weighted by atomic mass is 10.0. The Morgan fingerprint density at radius 1 is 1.32 bits per heavy atom. The molecule has 0 aromatic heterocycles. The molecule has 0 bridgehead atoms. The second-order valence-electron chi connectivity index (χ2n) is 5.03. The van der Waals surface area contributed by atoms with Crippen LogP contribution in [0.25, 0.3) is 0 Å². The molecule has 102 valence electrons. The summed E-state index contributed by atoms with van der Waals surface area (Å²) in [6, 6.07) is 9.48. The van der Waals surface area contributed by atoms with Gasteiger partial charge in [0, 0.05) is 0 Å². The average molecular weight is 278 g/mol. The molecule has 1 aliphatic carbocycles. The van der Waals surface area contributed by atoms with Crippen molar-refractivity contribution in [3.05, 3.63) is 60.2 Å². The van der Waals surface area contributed by atoms with Crippen molar-refractivity contribution in [2.45, 2.75) is 31.5 Å². The zero-order valence-corrected chi connectivity index (χ0v) is 12.1. The summed E-state index contributed by atoms with van der Waals surface area (Å²) in [5.41, 5.74) is 0.899. The highest BCUT2D eigenvalue weighted by Gasteiger charge is 2.43. The van der Waals surface area contributed by atoms with E-state index < -0.39 is 18.9 Å². The lowest BCUT2D eigenvalue weighted by Gasteiger charge is -2.32. The molecule has 3 unspecified atom stereocenters. The van der Waals surface area contributed by atoms with Gasteiger partial charge < -0.3 is 9.42 Å². The van der Waals surface area contributed by atoms with Gasteiger partial charge in [-0.3, -0.25) is 4.57 Å². The van der Waals surface area contributed by atoms with Crippen LogP contribution in [0.5, 0.6) is 0 Å². The van der Waals surface area contributed by atoms with Gasteiger partial charge >= 0.3 is 7.60 Å². The molecule has 0 radical (unpaired) electrons. The average Bonchev–Trinajstić information content (AvgIpc) is 2.40. The van der Waals surface area contributed by atoms with E-state index in [0.29, 0.717) is 6.42 Å². The maximum Gasteiger partial charge on any atom is 0.338 e. The Hall–Kier alpha value is -1.15. The molecule has 1 aliphatic rings. The molecule has 0 spiro atoms. The van der Waals surface area contributed by atoms with Gasteiger partial charge in [0.25, 0.3) is 0 Å². The number of benzene rings is 1. The molecular formula is C15H19O3P. The Morgan fingerprint density at radius 2 is 2.00 bits per heavy atom. The van der Waals surface area contributed by atoms with Gasteiger partial charge in [0.05, 0.1) is 11.3 Å². The first-order valence-corrected chi connectivity index (χ1v) is 7.93. The number of rotatable bonds is 4. The highest BCUT2D eigenvalue weighted by atomic mass is 31.2. The van der Waals surface area contributed by atoms with Crippen molar-refractivity contribution in [1.29, 1.82) is 0 Å². The molecule has 0 aliphatic heterocycles. The van der Waals surface area contributed by atoms with Crippen LogP contribution in [0.15, 0.2) is 54.6 Å². The van der Waals surface area contributed by atoms with Crippen LogP contribution in [0.2, 0.25) is 0 Å². The Balaban J connectivity index is 2.15. The van der Waals surface area contributed by atoms with Gasteiger partial charge in [-0.1, -0.05) is 54.6 Å². The highest BCUT2D eigenvalue weighted by molar-refractivity contribution is 7.54. The van der Waals surface area contributed by atoms with E-state index >= 15 is 0 Å². The van der Waals surface area contributed by atoms with Gasteiger partial charge in [0.15, 0.2) is 0 Å². The first kappa shape index (κ1) is 14.3. The fraction of sp³-hybridized carbons (Fsp3) is 0.333. The van der Waals surface area contributed by atoms with E-state index in [4.69, 9.17) is 4.52 Å². The van der Waals surface area contributed by atoms with Crippen LogP contribution in [0, 0.1) is 0 Å². The van der Waals surface area contributed by atoms with Gasteiger partial charge in [-0.15, -0.1) is 0 Å². The smallest absolute Gasteiger partial charge is 0.324 e. The fourth-order valence-corrected chi connectivity index (χ4v) is 3.45. The standard InChI is InChI=1S/C15H19O3P/c1-13(14-9-5-3-6-10-14)18-19(16,17)15(2)11-7-4-8-12-15/h3-11,13H,12H2,1-2H3,(H,16,17). The summed E-state index contributed by atoms with van der Waals surface area (Å²) >= 11 is 0. The molecule has 1 aromatic rings. The third kappa shape index (κ3) is 3.06.